The lowest BCUT2D eigenvalue weighted by molar-refractivity contribution is 0.201. The Labute approximate surface area is 94.3 Å². The smallest absolute Gasteiger partial charge is 0.378 e. The van der Waals surface area contributed by atoms with Crippen LogP contribution in [0.15, 0.2) is 12.2 Å². The number of nitrogens with zero attached hydrogens (tertiary/aromatic N) is 1. The number of allylic oxidation sites excluding steroid dienone is 1. The molecule has 0 aromatic rings. The Morgan fingerprint density at radius 1 is 1.73 bits per heavy atom. The summed E-state index contributed by atoms with van der Waals surface area (Å²) in [6.07, 6.45) is 4.52. The first-order valence-electron chi connectivity index (χ1n) is 3.09. The van der Waals surface area contributed by atoms with Crippen LogP contribution in [0.3, 0.4) is 0 Å². The van der Waals surface area contributed by atoms with Gasteiger partial charge in [-0.2, -0.15) is 0 Å². The normalized spacial score (nSPS) is 10.1. The summed E-state index contributed by atoms with van der Waals surface area (Å²) >= 11 is 3.50. The van der Waals surface area contributed by atoms with Crippen LogP contribution in [0.1, 0.15) is 13.3 Å². The minimum Gasteiger partial charge on any atom is -0.378 e. The second-order valence-electron chi connectivity index (χ2n) is 1.79. The van der Waals surface area contributed by atoms with Crippen molar-refractivity contribution in [2.75, 3.05) is 6.54 Å². The summed E-state index contributed by atoms with van der Waals surface area (Å²) in [4.78, 5) is 10.8. The second kappa shape index (κ2) is 7.14. The highest BCUT2D eigenvalue weighted by atomic mass is 127. The predicted molar refractivity (Wildman–Crippen MR) is 60.7 cm³/mol. The number of hydrogen-bond acceptors (Lipinski definition) is 2. The van der Waals surface area contributed by atoms with Crippen LogP contribution in [-0.2, 0) is 3.07 Å². The Bertz CT molecular complexity index is 150. The topological polar surface area (TPSA) is 29.5 Å². The van der Waals surface area contributed by atoms with E-state index in [1.807, 2.05) is 41.9 Å². The van der Waals surface area contributed by atoms with Gasteiger partial charge in [0.05, 0.1) is 22.9 Å². The molecule has 0 saturated carbocycles. The predicted octanol–water partition coefficient (Wildman–Crippen LogP) is 3.09. The first kappa shape index (κ1) is 11.5. The Kier molecular flexibility index (Phi) is 7.44. The van der Waals surface area contributed by atoms with Crippen LogP contribution in [-0.4, -0.2) is 15.8 Å². The fourth-order valence-electron chi connectivity index (χ4n) is 0.483. The van der Waals surface area contributed by atoms with Crippen LogP contribution in [0.2, 0.25) is 0 Å². The van der Waals surface area contributed by atoms with Crippen LogP contribution >= 0.6 is 45.9 Å². The maximum absolute atomic E-state index is 10.8. The van der Waals surface area contributed by atoms with E-state index in [-0.39, 0.29) is 6.09 Å². The molecule has 0 saturated heterocycles. The van der Waals surface area contributed by atoms with Crippen molar-refractivity contribution < 1.29 is 7.86 Å². The largest absolute Gasteiger partial charge is 0.428 e. The molecule has 5 heteroatoms. The van der Waals surface area contributed by atoms with Crippen LogP contribution in [0.4, 0.5) is 4.79 Å². The molecule has 0 aliphatic carbocycles. The number of halogens is 2. The number of carbonyl (C=O) groups excluding carboxylic acids is 1. The van der Waals surface area contributed by atoms with Gasteiger partial charge >= 0.3 is 6.09 Å². The van der Waals surface area contributed by atoms with Gasteiger partial charge in [0.2, 0.25) is 0 Å². The zero-order valence-electron chi connectivity index (χ0n) is 6.09. The standard InChI is InChI=1S/C6H9I2NO2/c1-2-3-4-5-9(7)6(10)11-8/h2-3H,4-5H2,1H3. The van der Waals surface area contributed by atoms with Gasteiger partial charge in [-0.15, -0.1) is 0 Å². The summed E-state index contributed by atoms with van der Waals surface area (Å²) in [5.41, 5.74) is 0. The van der Waals surface area contributed by atoms with E-state index in [4.69, 9.17) is 0 Å². The quantitative estimate of drug-likeness (QED) is 0.428. The van der Waals surface area contributed by atoms with Gasteiger partial charge in [0.25, 0.3) is 0 Å². The van der Waals surface area contributed by atoms with E-state index in [0.29, 0.717) is 6.54 Å². The molecule has 0 N–H and O–H groups in total. The highest BCUT2D eigenvalue weighted by Gasteiger charge is 2.08. The van der Waals surface area contributed by atoms with Crippen LogP contribution in [0.25, 0.3) is 0 Å². The summed E-state index contributed by atoms with van der Waals surface area (Å²) in [7, 11) is 0. The van der Waals surface area contributed by atoms with Gasteiger partial charge in [-0.05, 0) is 13.3 Å². The third kappa shape index (κ3) is 5.71. The summed E-state index contributed by atoms with van der Waals surface area (Å²) in [6, 6.07) is 0. The fourth-order valence-corrected chi connectivity index (χ4v) is 1.47. The molecule has 0 aliphatic rings. The van der Waals surface area contributed by atoms with Gasteiger partial charge < -0.3 is 3.07 Å². The molecule has 64 valence electrons. The lowest BCUT2D eigenvalue weighted by Gasteiger charge is -2.09. The van der Waals surface area contributed by atoms with Crippen molar-refractivity contribution in [1.82, 2.24) is 3.11 Å². The maximum Gasteiger partial charge on any atom is 0.428 e. The lowest BCUT2D eigenvalue weighted by atomic mass is 10.4. The molecule has 0 fully saturated rings. The molecule has 0 rings (SSSR count). The van der Waals surface area contributed by atoms with Crippen molar-refractivity contribution in [3.63, 3.8) is 0 Å². The Morgan fingerprint density at radius 3 is 2.82 bits per heavy atom. The zero-order valence-corrected chi connectivity index (χ0v) is 10.4. The maximum atomic E-state index is 10.8. The molecule has 1 amide bonds. The van der Waals surface area contributed by atoms with Crippen molar-refractivity contribution in [3.8, 4) is 0 Å². The minimum absolute atomic E-state index is 0.310. The van der Waals surface area contributed by atoms with Crippen molar-refractivity contribution in [3.05, 3.63) is 12.2 Å². The first-order chi connectivity index (χ1) is 5.22. The number of carbonyl (C=O) groups is 1. The molecule has 11 heavy (non-hydrogen) atoms. The van der Waals surface area contributed by atoms with Gasteiger partial charge in [0.15, 0.2) is 23.0 Å². The monoisotopic (exact) mass is 381 g/mol. The molecular formula is C6H9I2NO2. The SMILES string of the molecule is CC=CCCN(I)C(=O)OI. The van der Waals surface area contributed by atoms with E-state index in [0.717, 1.165) is 6.42 Å². The molecule has 0 aromatic carbocycles. The molecule has 0 atom stereocenters. The second-order valence-corrected chi connectivity index (χ2v) is 3.39. The minimum atomic E-state index is -0.310. The highest BCUT2D eigenvalue weighted by Crippen LogP contribution is 2.06. The van der Waals surface area contributed by atoms with E-state index >= 15 is 0 Å². The number of amides is 1. The first-order valence-corrected chi connectivity index (χ1v) is 4.94. The molecule has 0 radical (unpaired) electrons. The molecule has 0 unspecified atom stereocenters. The van der Waals surface area contributed by atoms with Gasteiger partial charge in [0.1, 0.15) is 0 Å². The van der Waals surface area contributed by atoms with Crippen LogP contribution < -0.4 is 0 Å². The van der Waals surface area contributed by atoms with Crippen molar-refractivity contribution in [2.45, 2.75) is 13.3 Å². The third-order valence-corrected chi connectivity index (χ3v) is 2.24. The Hall–Kier alpha value is 0.470. The third-order valence-electron chi connectivity index (χ3n) is 0.992. The van der Waals surface area contributed by atoms with Crippen molar-refractivity contribution in [1.29, 1.82) is 0 Å². The van der Waals surface area contributed by atoms with E-state index in [1.165, 1.54) is 3.11 Å². The molecule has 0 heterocycles. The van der Waals surface area contributed by atoms with E-state index in [2.05, 4.69) is 3.07 Å². The zero-order chi connectivity index (χ0) is 8.69. The van der Waals surface area contributed by atoms with Gasteiger partial charge in [0, 0.05) is 6.54 Å². The average molecular weight is 381 g/mol. The number of hydrogen-bond donors (Lipinski definition) is 0. The average Bonchev–Trinajstić information content (AvgIpc) is 2.03. The summed E-state index contributed by atoms with van der Waals surface area (Å²) in [6.45, 7) is 2.64. The molecule has 0 aliphatic heterocycles. The Morgan fingerprint density at radius 2 is 2.36 bits per heavy atom. The van der Waals surface area contributed by atoms with Crippen molar-refractivity contribution in [2.24, 2.45) is 0 Å². The van der Waals surface area contributed by atoms with Gasteiger partial charge in [-0.1, -0.05) is 12.2 Å². The lowest BCUT2D eigenvalue weighted by Crippen LogP contribution is -2.19. The number of rotatable bonds is 3. The van der Waals surface area contributed by atoms with Crippen LogP contribution in [0, 0.1) is 0 Å². The Balaban J connectivity index is 3.51. The van der Waals surface area contributed by atoms with Gasteiger partial charge in [-0.3, -0.25) is 0 Å². The molecule has 0 bridgehead atoms. The summed E-state index contributed by atoms with van der Waals surface area (Å²) in [5, 5.41) is 0. The van der Waals surface area contributed by atoms with E-state index < -0.39 is 0 Å². The van der Waals surface area contributed by atoms with E-state index in [1.54, 1.807) is 23.0 Å². The van der Waals surface area contributed by atoms with Gasteiger partial charge in [-0.25, -0.2) is 7.91 Å². The van der Waals surface area contributed by atoms with Crippen molar-refractivity contribution >= 4 is 52.0 Å². The summed E-state index contributed by atoms with van der Waals surface area (Å²) < 4.78 is 5.97. The fraction of sp³-hybridized carbons (Fsp3) is 0.500. The molecule has 3 nitrogen and oxygen atoms in total. The molecule has 0 spiro atoms. The highest BCUT2D eigenvalue weighted by molar-refractivity contribution is 14.1. The molecular weight excluding hydrogens is 372 g/mol. The molecule has 0 aromatic heterocycles. The van der Waals surface area contributed by atoms with Crippen LogP contribution in [0.5, 0.6) is 0 Å². The summed E-state index contributed by atoms with van der Waals surface area (Å²) in [5.74, 6) is 0. The van der Waals surface area contributed by atoms with E-state index in [9.17, 15) is 4.79 Å².